The van der Waals surface area contributed by atoms with Crippen molar-refractivity contribution in [1.29, 1.82) is 0 Å². The fourth-order valence-corrected chi connectivity index (χ4v) is 0.592. The average molecular weight is 173 g/mol. The molecule has 0 aromatic rings. The number of amides is 1. The number of rotatable bonds is 2. The number of carbonyl (C=O) groups is 1. The summed E-state index contributed by atoms with van der Waals surface area (Å²) in [6.07, 6.45) is -7.54. The summed E-state index contributed by atoms with van der Waals surface area (Å²) in [6.45, 7) is 1.07. The first-order valence-electron chi connectivity index (χ1n) is 2.84. The van der Waals surface area contributed by atoms with Gasteiger partial charge in [-0.2, -0.15) is 13.2 Å². The van der Waals surface area contributed by atoms with Crippen LogP contribution in [0.1, 0.15) is 13.3 Å². The van der Waals surface area contributed by atoms with Gasteiger partial charge in [-0.15, -0.1) is 4.39 Å². The predicted octanol–water partition coefficient (Wildman–Crippen LogP) is 2.01. The van der Waals surface area contributed by atoms with Crippen LogP contribution in [0.25, 0.3) is 0 Å². The minimum atomic E-state index is -4.37. The van der Waals surface area contributed by atoms with Crippen LogP contribution in [0.3, 0.4) is 0 Å². The highest BCUT2D eigenvalue weighted by Gasteiger charge is 2.30. The summed E-state index contributed by atoms with van der Waals surface area (Å²) in [7, 11) is 0. The molecule has 1 unspecified atom stereocenters. The van der Waals surface area contributed by atoms with Gasteiger partial charge in [-0.3, -0.25) is 0 Å². The number of hydrogen-bond acceptors (Lipinski definition) is 1. The molecule has 0 aliphatic carbocycles. The maximum atomic E-state index is 11.5. The molecule has 11 heavy (non-hydrogen) atoms. The zero-order chi connectivity index (χ0) is 9.07. The van der Waals surface area contributed by atoms with Gasteiger partial charge in [0.15, 0.2) is 0 Å². The normalized spacial score (nSPS) is 14.3. The van der Waals surface area contributed by atoms with Crippen molar-refractivity contribution in [2.75, 3.05) is 0 Å². The van der Waals surface area contributed by atoms with Crippen molar-refractivity contribution in [3.63, 3.8) is 0 Å². The van der Waals surface area contributed by atoms with Crippen molar-refractivity contribution in [2.45, 2.75) is 25.6 Å². The molecule has 66 valence electrons. The largest absolute Gasteiger partial charge is 0.397 e. The van der Waals surface area contributed by atoms with E-state index in [9.17, 15) is 22.4 Å². The first kappa shape index (κ1) is 10.2. The van der Waals surface area contributed by atoms with Crippen LogP contribution >= 0.6 is 0 Å². The van der Waals surface area contributed by atoms with Gasteiger partial charge in [0.25, 0.3) is 0 Å². The van der Waals surface area contributed by atoms with Crippen molar-refractivity contribution >= 4 is 6.16 Å². The zero-order valence-corrected chi connectivity index (χ0v) is 5.70. The third-order valence-electron chi connectivity index (χ3n) is 0.898. The van der Waals surface area contributed by atoms with E-state index in [1.54, 1.807) is 0 Å². The van der Waals surface area contributed by atoms with Gasteiger partial charge in [0.2, 0.25) is 0 Å². The molecule has 0 aromatic heterocycles. The third kappa shape index (κ3) is 7.08. The van der Waals surface area contributed by atoms with Crippen LogP contribution in [0, 0.1) is 0 Å². The van der Waals surface area contributed by atoms with Crippen molar-refractivity contribution in [3.8, 4) is 0 Å². The topological polar surface area (TPSA) is 29.1 Å². The van der Waals surface area contributed by atoms with Gasteiger partial charge in [-0.25, -0.2) is 4.79 Å². The molecule has 0 rings (SSSR count). The summed E-state index contributed by atoms with van der Waals surface area (Å²) in [5.41, 5.74) is 0. The Morgan fingerprint density at radius 3 is 2.27 bits per heavy atom. The first-order chi connectivity index (χ1) is 4.81. The molecule has 0 aliphatic rings. The van der Waals surface area contributed by atoms with E-state index in [2.05, 4.69) is 0 Å². The van der Waals surface area contributed by atoms with Crippen molar-refractivity contribution in [1.82, 2.24) is 5.32 Å². The molecule has 0 aromatic carbocycles. The number of halogens is 4. The van der Waals surface area contributed by atoms with Crippen LogP contribution in [0.15, 0.2) is 0 Å². The second kappa shape index (κ2) is 3.54. The Labute approximate surface area is 60.6 Å². The van der Waals surface area contributed by atoms with Crippen LogP contribution in [0.5, 0.6) is 0 Å². The number of nitrogens with one attached hydrogen (secondary N) is 1. The molecule has 0 fully saturated rings. The van der Waals surface area contributed by atoms with Crippen LogP contribution in [0.4, 0.5) is 22.4 Å². The predicted molar refractivity (Wildman–Crippen MR) is 29.8 cm³/mol. The maximum absolute atomic E-state index is 11.5. The summed E-state index contributed by atoms with van der Waals surface area (Å²) in [5.74, 6) is 0. The highest BCUT2D eigenvalue weighted by molar-refractivity contribution is 5.65. The molecule has 0 saturated heterocycles. The lowest BCUT2D eigenvalue weighted by atomic mass is 10.2. The van der Waals surface area contributed by atoms with Crippen molar-refractivity contribution in [2.24, 2.45) is 0 Å². The van der Waals surface area contributed by atoms with E-state index >= 15 is 0 Å². The molecule has 0 heterocycles. The number of alkyl halides is 3. The lowest BCUT2D eigenvalue weighted by molar-refractivity contribution is -0.138. The van der Waals surface area contributed by atoms with Crippen LogP contribution in [0.2, 0.25) is 0 Å². The van der Waals surface area contributed by atoms with E-state index in [0.29, 0.717) is 0 Å². The number of carbonyl (C=O) groups excluding carboxylic acids is 1. The third-order valence-corrected chi connectivity index (χ3v) is 0.898. The minimum absolute atomic E-state index is 1.07. The Kier molecular flexibility index (Phi) is 3.28. The molecule has 0 radical (unpaired) electrons. The van der Waals surface area contributed by atoms with Crippen LogP contribution in [-0.2, 0) is 0 Å². The fraction of sp³-hybridized carbons (Fsp3) is 0.800. The molecule has 1 atom stereocenters. The fourth-order valence-electron chi connectivity index (χ4n) is 0.592. The summed E-state index contributed by atoms with van der Waals surface area (Å²) in [5, 5.41) is 1.47. The molecule has 0 aliphatic heterocycles. The van der Waals surface area contributed by atoms with Gasteiger partial charge in [0, 0.05) is 6.04 Å². The first-order valence-corrected chi connectivity index (χ1v) is 2.84. The van der Waals surface area contributed by atoms with Gasteiger partial charge < -0.3 is 5.32 Å². The molecular formula is C5H7F4NO. The van der Waals surface area contributed by atoms with E-state index in [1.807, 2.05) is 0 Å². The Morgan fingerprint density at radius 1 is 1.55 bits per heavy atom. The summed E-state index contributed by atoms with van der Waals surface area (Å²) in [4.78, 5) is 9.59. The summed E-state index contributed by atoms with van der Waals surface area (Å²) < 4.78 is 45.9. The molecule has 1 amide bonds. The van der Waals surface area contributed by atoms with Gasteiger partial charge in [0.1, 0.15) is 0 Å². The van der Waals surface area contributed by atoms with Gasteiger partial charge in [0.05, 0.1) is 6.42 Å². The van der Waals surface area contributed by atoms with Crippen molar-refractivity contribution < 1.29 is 22.4 Å². The van der Waals surface area contributed by atoms with Gasteiger partial charge >= 0.3 is 12.3 Å². The minimum Gasteiger partial charge on any atom is -0.325 e. The Morgan fingerprint density at radius 2 is 2.00 bits per heavy atom. The Balaban J connectivity index is 3.69. The van der Waals surface area contributed by atoms with Crippen LogP contribution < -0.4 is 5.32 Å². The van der Waals surface area contributed by atoms with Gasteiger partial charge in [-0.1, -0.05) is 0 Å². The quantitative estimate of drug-likeness (QED) is 0.386. The average Bonchev–Trinajstić information content (AvgIpc) is 1.53. The molecule has 0 bridgehead atoms. The maximum Gasteiger partial charge on any atom is 0.397 e. The smallest absolute Gasteiger partial charge is 0.325 e. The second-order valence-corrected chi connectivity index (χ2v) is 2.14. The summed E-state index contributed by atoms with van der Waals surface area (Å²) in [6, 6.07) is -1.22. The Bertz CT molecular complexity index is 144. The summed E-state index contributed by atoms with van der Waals surface area (Å²) >= 11 is 0. The zero-order valence-electron chi connectivity index (χ0n) is 5.70. The van der Waals surface area contributed by atoms with E-state index in [0.717, 1.165) is 6.92 Å². The van der Waals surface area contributed by atoms with E-state index in [-0.39, 0.29) is 0 Å². The molecule has 2 nitrogen and oxygen atoms in total. The Hall–Kier alpha value is -0.810. The lowest BCUT2D eigenvalue weighted by Gasteiger charge is -2.12. The molecule has 0 saturated carbocycles. The highest BCUT2D eigenvalue weighted by atomic mass is 19.4. The van der Waals surface area contributed by atoms with Crippen molar-refractivity contribution in [3.05, 3.63) is 0 Å². The second-order valence-electron chi connectivity index (χ2n) is 2.14. The number of hydrogen-bond donors (Lipinski definition) is 1. The molecule has 0 spiro atoms. The SMILES string of the molecule is CC(CC(F)(F)F)NC(=O)F. The standard InChI is InChI=1S/C5H7F4NO/c1-3(10-4(6)11)2-5(7,8)9/h3H,2H2,1H3,(H,10,11). The van der Waals surface area contributed by atoms with E-state index < -0.39 is 24.8 Å². The molecule has 6 heteroatoms. The molecular weight excluding hydrogens is 166 g/mol. The van der Waals surface area contributed by atoms with E-state index in [4.69, 9.17) is 0 Å². The lowest BCUT2D eigenvalue weighted by Crippen LogP contribution is -2.33. The van der Waals surface area contributed by atoms with Gasteiger partial charge in [-0.05, 0) is 6.92 Å². The molecule has 1 N–H and O–H groups in total. The van der Waals surface area contributed by atoms with E-state index in [1.165, 1.54) is 5.32 Å². The monoisotopic (exact) mass is 173 g/mol. The highest BCUT2D eigenvalue weighted by Crippen LogP contribution is 2.21. The van der Waals surface area contributed by atoms with Crippen LogP contribution in [-0.4, -0.2) is 18.4 Å².